The van der Waals surface area contributed by atoms with Gasteiger partial charge in [0.1, 0.15) is 5.78 Å². The van der Waals surface area contributed by atoms with Crippen molar-refractivity contribution in [2.24, 2.45) is 17.8 Å². The maximum Gasteiger partial charge on any atom is 0.193 e. The van der Waals surface area contributed by atoms with Crippen molar-refractivity contribution in [1.82, 2.24) is 9.38 Å². The topological polar surface area (TPSA) is 34.4 Å². The molecule has 0 saturated heterocycles. The van der Waals surface area contributed by atoms with E-state index in [9.17, 15) is 4.79 Å². The lowest BCUT2D eigenvalue weighted by Crippen LogP contribution is -2.09. The van der Waals surface area contributed by atoms with Crippen molar-refractivity contribution >= 4 is 22.1 Å². The van der Waals surface area contributed by atoms with E-state index >= 15 is 0 Å². The monoisotopic (exact) mass is 246 g/mol. The lowest BCUT2D eigenvalue weighted by Gasteiger charge is -2.00. The van der Waals surface area contributed by atoms with Crippen LogP contribution in [0.3, 0.4) is 0 Å². The van der Waals surface area contributed by atoms with Gasteiger partial charge < -0.3 is 0 Å². The van der Waals surface area contributed by atoms with Crippen LogP contribution in [0.1, 0.15) is 25.0 Å². The predicted molar refractivity (Wildman–Crippen MR) is 66.1 cm³/mol. The molecule has 2 fully saturated rings. The third-order valence-corrected chi connectivity index (χ3v) is 5.05. The summed E-state index contributed by atoms with van der Waals surface area (Å²) in [6, 6.07) is 0. The van der Waals surface area contributed by atoms with E-state index in [2.05, 4.69) is 4.98 Å². The molecule has 0 aliphatic heterocycles. The first-order valence-electron chi connectivity index (χ1n) is 6.27. The molecule has 0 aromatic carbocycles. The summed E-state index contributed by atoms with van der Waals surface area (Å²) in [6.07, 6.45) is 8.40. The van der Waals surface area contributed by atoms with E-state index in [1.807, 2.05) is 22.2 Å². The van der Waals surface area contributed by atoms with Crippen molar-refractivity contribution in [2.75, 3.05) is 0 Å². The summed E-state index contributed by atoms with van der Waals surface area (Å²) < 4.78 is 2.00. The number of imidazole rings is 1. The number of Topliss-reactive ketones (excluding diaryl/α,β-unsaturated/α-hetero) is 1. The van der Waals surface area contributed by atoms with E-state index in [1.54, 1.807) is 11.3 Å². The lowest BCUT2D eigenvalue weighted by atomic mass is 10.0. The van der Waals surface area contributed by atoms with Gasteiger partial charge >= 0.3 is 0 Å². The van der Waals surface area contributed by atoms with Crippen LogP contribution in [0.4, 0.5) is 0 Å². The molecule has 4 rings (SSSR count). The first kappa shape index (κ1) is 9.83. The van der Waals surface area contributed by atoms with Gasteiger partial charge in [-0.2, -0.15) is 0 Å². The molecule has 0 radical (unpaired) electrons. The van der Waals surface area contributed by atoms with Crippen LogP contribution in [-0.2, 0) is 11.2 Å². The molecule has 2 aliphatic carbocycles. The fourth-order valence-corrected chi connectivity index (χ4v) is 4.18. The molecular weight excluding hydrogens is 232 g/mol. The van der Waals surface area contributed by atoms with Crippen molar-refractivity contribution in [3.63, 3.8) is 0 Å². The molecule has 4 heteroatoms. The highest BCUT2D eigenvalue weighted by atomic mass is 32.1. The molecule has 0 spiro atoms. The van der Waals surface area contributed by atoms with Gasteiger partial charge in [-0.05, 0) is 24.7 Å². The standard InChI is InChI=1S/C13H14N2OS/c16-11(12-9-2-1-3-10(9)12)6-8-7-15-4-5-17-13(15)14-8/h4-5,7,9-10,12H,1-3,6H2. The highest BCUT2D eigenvalue weighted by Gasteiger charge is 2.55. The van der Waals surface area contributed by atoms with Crippen LogP contribution < -0.4 is 0 Å². The molecule has 2 aromatic rings. The van der Waals surface area contributed by atoms with E-state index in [1.165, 1.54) is 19.3 Å². The van der Waals surface area contributed by atoms with Crippen LogP contribution in [0.2, 0.25) is 0 Å². The molecule has 17 heavy (non-hydrogen) atoms. The SMILES string of the molecule is O=C(Cc1cn2ccsc2n1)C1C2CCCC21. The average molecular weight is 246 g/mol. The Bertz CT molecular complexity index is 547. The zero-order valence-corrected chi connectivity index (χ0v) is 10.3. The van der Waals surface area contributed by atoms with Crippen molar-refractivity contribution in [1.29, 1.82) is 0 Å². The van der Waals surface area contributed by atoms with Crippen molar-refractivity contribution < 1.29 is 4.79 Å². The van der Waals surface area contributed by atoms with Gasteiger partial charge in [-0.15, -0.1) is 11.3 Å². The largest absolute Gasteiger partial charge is 0.299 e. The molecule has 2 aliphatic rings. The molecule has 0 bridgehead atoms. The quantitative estimate of drug-likeness (QED) is 0.834. The molecule has 2 heterocycles. The number of hydrogen-bond acceptors (Lipinski definition) is 3. The minimum Gasteiger partial charge on any atom is -0.299 e. The maximum atomic E-state index is 12.1. The van der Waals surface area contributed by atoms with Gasteiger partial charge in [0.25, 0.3) is 0 Å². The minimum atomic E-state index is 0.378. The van der Waals surface area contributed by atoms with Gasteiger partial charge in [-0.25, -0.2) is 4.98 Å². The fourth-order valence-electron chi connectivity index (χ4n) is 3.46. The molecule has 2 saturated carbocycles. The van der Waals surface area contributed by atoms with Crippen LogP contribution in [0.5, 0.6) is 0 Å². The Morgan fingerprint density at radius 1 is 1.47 bits per heavy atom. The number of carbonyl (C=O) groups is 1. The molecule has 0 amide bonds. The Kier molecular flexibility index (Phi) is 1.98. The van der Waals surface area contributed by atoms with Gasteiger partial charge in [0, 0.05) is 23.7 Å². The van der Waals surface area contributed by atoms with Gasteiger partial charge in [-0.3, -0.25) is 9.20 Å². The number of ketones is 1. The van der Waals surface area contributed by atoms with Crippen molar-refractivity contribution in [3.05, 3.63) is 23.5 Å². The van der Waals surface area contributed by atoms with E-state index in [0.29, 0.717) is 18.1 Å². The van der Waals surface area contributed by atoms with E-state index in [4.69, 9.17) is 0 Å². The van der Waals surface area contributed by atoms with Crippen LogP contribution in [-0.4, -0.2) is 15.2 Å². The van der Waals surface area contributed by atoms with E-state index in [-0.39, 0.29) is 0 Å². The number of thiazole rings is 1. The summed E-state index contributed by atoms with van der Waals surface area (Å²) in [5.41, 5.74) is 0.937. The summed E-state index contributed by atoms with van der Waals surface area (Å²) in [5.74, 6) is 2.26. The van der Waals surface area contributed by atoms with Crippen LogP contribution >= 0.6 is 11.3 Å². The highest BCUT2D eigenvalue weighted by molar-refractivity contribution is 7.15. The molecule has 88 valence electrons. The molecular formula is C13H14N2OS. The fraction of sp³-hybridized carbons (Fsp3) is 0.538. The molecule has 2 unspecified atom stereocenters. The van der Waals surface area contributed by atoms with Gasteiger partial charge in [0.05, 0.1) is 12.1 Å². The van der Waals surface area contributed by atoms with E-state index in [0.717, 1.165) is 22.5 Å². The second kappa shape index (κ2) is 3.42. The Hall–Kier alpha value is -1.16. The number of aromatic nitrogens is 2. The molecule has 2 aromatic heterocycles. The van der Waals surface area contributed by atoms with Crippen molar-refractivity contribution in [3.8, 4) is 0 Å². The summed E-state index contributed by atoms with van der Waals surface area (Å²) in [5, 5.41) is 2.01. The number of hydrogen-bond donors (Lipinski definition) is 0. The van der Waals surface area contributed by atoms with Crippen LogP contribution in [0.25, 0.3) is 4.96 Å². The average Bonchev–Trinajstić information content (AvgIpc) is 2.74. The van der Waals surface area contributed by atoms with Crippen LogP contribution in [0, 0.1) is 17.8 Å². The predicted octanol–water partition coefficient (Wildman–Crippen LogP) is 2.55. The smallest absolute Gasteiger partial charge is 0.193 e. The molecule has 2 atom stereocenters. The Balaban J connectivity index is 1.50. The highest BCUT2D eigenvalue weighted by Crippen LogP contribution is 2.58. The van der Waals surface area contributed by atoms with Gasteiger partial charge in [0.15, 0.2) is 4.96 Å². The van der Waals surface area contributed by atoms with Crippen LogP contribution in [0.15, 0.2) is 17.8 Å². The third-order valence-electron chi connectivity index (χ3n) is 4.28. The third kappa shape index (κ3) is 1.47. The number of fused-ring (bicyclic) bond motifs is 2. The first-order chi connectivity index (χ1) is 8.33. The zero-order chi connectivity index (χ0) is 11.4. The number of rotatable bonds is 3. The minimum absolute atomic E-state index is 0.378. The second-order valence-corrected chi connectivity index (χ2v) is 6.13. The summed E-state index contributed by atoms with van der Waals surface area (Å²) in [7, 11) is 0. The van der Waals surface area contributed by atoms with E-state index < -0.39 is 0 Å². The normalized spacial score (nSPS) is 30.7. The molecule has 0 N–H and O–H groups in total. The zero-order valence-electron chi connectivity index (χ0n) is 9.50. The van der Waals surface area contributed by atoms with Gasteiger partial charge in [0.2, 0.25) is 0 Å². The molecule has 3 nitrogen and oxygen atoms in total. The Labute approximate surface area is 103 Å². The maximum absolute atomic E-state index is 12.1. The summed E-state index contributed by atoms with van der Waals surface area (Å²) in [6.45, 7) is 0. The first-order valence-corrected chi connectivity index (χ1v) is 7.15. The number of nitrogens with zero attached hydrogens (tertiary/aromatic N) is 2. The van der Waals surface area contributed by atoms with Gasteiger partial charge in [-0.1, -0.05) is 6.42 Å². The summed E-state index contributed by atoms with van der Waals surface area (Å²) in [4.78, 5) is 17.6. The number of carbonyl (C=O) groups excluding carboxylic acids is 1. The Morgan fingerprint density at radius 2 is 2.29 bits per heavy atom. The second-order valence-electron chi connectivity index (χ2n) is 5.25. The summed E-state index contributed by atoms with van der Waals surface area (Å²) >= 11 is 1.62. The Morgan fingerprint density at radius 3 is 3.06 bits per heavy atom. The lowest BCUT2D eigenvalue weighted by molar-refractivity contribution is -0.120. The van der Waals surface area contributed by atoms with Crippen molar-refractivity contribution in [2.45, 2.75) is 25.7 Å².